The van der Waals surface area contributed by atoms with E-state index >= 15 is 0 Å². The van der Waals surface area contributed by atoms with Crippen LogP contribution in [0.1, 0.15) is 38.7 Å². The Bertz CT molecular complexity index is 670. The molecule has 0 saturated carbocycles. The number of amides is 1. The maximum Gasteiger partial charge on any atom is 0.237 e. The van der Waals surface area contributed by atoms with E-state index in [2.05, 4.69) is 25.2 Å². The van der Waals surface area contributed by atoms with Crippen molar-refractivity contribution in [3.63, 3.8) is 0 Å². The van der Waals surface area contributed by atoms with Gasteiger partial charge in [-0.05, 0) is 55.2 Å². The van der Waals surface area contributed by atoms with Crippen molar-refractivity contribution in [2.24, 2.45) is 0 Å². The zero-order valence-electron chi connectivity index (χ0n) is 14.7. The fraction of sp³-hybridized carbons (Fsp3) is 0.350. The van der Waals surface area contributed by atoms with Crippen LogP contribution in [0.25, 0.3) is 0 Å². The van der Waals surface area contributed by atoms with Crippen LogP contribution in [-0.2, 0) is 4.79 Å². The molecule has 1 N–H and O–H groups in total. The van der Waals surface area contributed by atoms with E-state index in [1.54, 1.807) is 18.9 Å². The zero-order valence-corrected chi connectivity index (χ0v) is 15.5. The van der Waals surface area contributed by atoms with E-state index in [0.717, 1.165) is 22.8 Å². The van der Waals surface area contributed by atoms with Crippen molar-refractivity contribution in [2.45, 2.75) is 43.3 Å². The molecule has 0 bridgehead atoms. The Labute approximate surface area is 148 Å². The highest BCUT2D eigenvalue weighted by molar-refractivity contribution is 8.00. The van der Waals surface area contributed by atoms with Gasteiger partial charge in [0.1, 0.15) is 5.75 Å². The molecule has 0 aliphatic heterocycles. The minimum absolute atomic E-state index is 0.0200. The van der Waals surface area contributed by atoms with Crippen LogP contribution in [0.3, 0.4) is 0 Å². The second-order valence-electron chi connectivity index (χ2n) is 5.82. The summed E-state index contributed by atoms with van der Waals surface area (Å²) in [6, 6.07) is 15.8. The van der Waals surface area contributed by atoms with E-state index in [0.29, 0.717) is 5.92 Å². The van der Waals surface area contributed by atoms with Crippen molar-refractivity contribution >= 4 is 23.4 Å². The Balaban J connectivity index is 2.03. The number of hydrogen-bond donors (Lipinski definition) is 1. The Kier molecular flexibility index (Phi) is 6.73. The van der Waals surface area contributed by atoms with Crippen LogP contribution in [-0.4, -0.2) is 18.3 Å². The number of carbonyl (C=O) groups excluding carboxylic acids is 1. The van der Waals surface area contributed by atoms with Gasteiger partial charge in [0.15, 0.2) is 0 Å². The highest BCUT2D eigenvalue weighted by Crippen LogP contribution is 2.29. The summed E-state index contributed by atoms with van der Waals surface area (Å²) in [7, 11) is 1.65. The molecule has 1 amide bonds. The van der Waals surface area contributed by atoms with Crippen molar-refractivity contribution < 1.29 is 9.53 Å². The average molecular weight is 343 g/mol. The van der Waals surface area contributed by atoms with Crippen molar-refractivity contribution in [3.8, 4) is 5.75 Å². The number of nitrogens with one attached hydrogen (secondary N) is 1. The summed E-state index contributed by atoms with van der Waals surface area (Å²) in [4.78, 5) is 13.6. The monoisotopic (exact) mass is 343 g/mol. The van der Waals surface area contributed by atoms with E-state index in [1.807, 2.05) is 49.4 Å². The van der Waals surface area contributed by atoms with Crippen LogP contribution in [0.15, 0.2) is 53.4 Å². The molecule has 2 aromatic rings. The molecule has 0 spiro atoms. The molecule has 3 nitrogen and oxygen atoms in total. The highest BCUT2D eigenvalue weighted by atomic mass is 32.2. The van der Waals surface area contributed by atoms with Crippen LogP contribution in [0.5, 0.6) is 5.75 Å². The largest absolute Gasteiger partial charge is 0.497 e. The third kappa shape index (κ3) is 4.78. The number of carbonyl (C=O) groups is 1. The normalized spacial score (nSPS) is 13.2. The van der Waals surface area contributed by atoms with Gasteiger partial charge in [0, 0.05) is 10.6 Å². The van der Waals surface area contributed by atoms with Crippen LogP contribution < -0.4 is 10.1 Å². The predicted molar refractivity (Wildman–Crippen MR) is 102 cm³/mol. The maximum atomic E-state index is 12.5. The standard InChI is InChI=1S/C20H25NO2S/c1-5-14(2)18-8-6-7-9-19(18)21-20(22)15(3)24-17-12-10-16(23-4)11-13-17/h6-15H,5H2,1-4H3,(H,21,22)/t14-,15-/m1/s1. The Morgan fingerprint density at radius 1 is 1.12 bits per heavy atom. The summed E-state index contributed by atoms with van der Waals surface area (Å²) in [5, 5.41) is 2.91. The summed E-state index contributed by atoms with van der Waals surface area (Å²) >= 11 is 1.54. The Hall–Kier alpha value is -1.94. The Morgan fingerprint density at radius 2 is 1.79 bits per heavy atom. The number of hydrogen-bond acceptors (Lipinski definition) is 3. The van der Waals surface area contributed by atoms with Crippen molar-refractivity contribution in [1.29, 1.82) is 0 Å². The molecule has 2 rings (SSSR count). The molecule has 0 fully saturated rings. The van der Waals surface area contributed by atoms with Crippen LogP contribution in [0.4, 0.5) is 5.69 Å². The Morgan fingerprint density at radius 3 is 2.42 bits per heavy atom. The van der Waals surface area contributed by atoms with Gasteiger partial charge in [-0.15, -0.1) is 11.8 Å². The summed E-state index contributed by atoms with van der Waals surface area (Å²) in [5.74, 6) is 1.26. The first-order valence-electron chi connectivity index (χ1n) is 8.25. The fourth-order valence-electron chi connectivity index (χ4n) is 2.41. The van der Waals surface area contributed by atoms with Crippen LogP contribution in [0.2, 0.25) is 0 Å². The number of thioether (sulfide) groups is 1. The van der Waals surface area contributed by atoms with Crippen molar-refractivity contribution in [1.82, 2.24) is 0 Å². The van der Waals surface area contributed by atoms with Gasteiger partial charge in [0.25, 0.3) is 0 Å². The van der Waals surface area contributed by atoms with E-state index in [9.17, 15) is 4.79 Å². The lowest BCUT2D eigenvalue weighted by atomic mass is 9.97. The van der Waals surface area contributed by atoms with Gasteiger partial charge >= 0.3 is 0 Å². The molecule has 4 heteroatoms. The number of ether oxygens (including phenoxy) is 1. The molecule has 2 atom stereocenters. The average Bonchev–Trinajstić information content (AvgIpc) is 2.62. The lowest BCUT2D eigenvalue weighted by molar-refractivity contribution is -0.115. The highest BCUT2D eigenvalue weighted by Gasteiger charge is 2.17. The number of benzene rings is 2. The predicted octanol–water partition coefficient (Wildman–Crippen LogP) is 5.33. The molecule has 0 heterocycles. The molecule has 128 valence electrons. The first-order chi connectivity index (χ1) is 11.5. The van der Waals surface area contributed by atoms with Gasteiger partial charge in [-0.2, -0.15) is 0 Å². The smallest absolute Gasteiger partial charge is 0.237 e. The van der Waals surface area contributed by atoms with Gasteiger partial charge in [-0.3, -0.25) is 4.79 Å². The molecular formula is C20H25NO2S. The zero-order chi connectivity index (χ0) is 17.5. The van der Waals surface area contributed by atoms with E-state index < -0.39 is 0 Å². The third-order valence-corrected chi connectivity index (χ3v) is 5.22. The number of methoxy groups -OCH3 is 1. The second kappa shape index (κ2) is 8.78. The minimum atomic E-state index is -0.177. The lowest BCUT2D eigenvalue weighted by Gasteiger charge is -2.17. The molecule has 2 aromatic carbocycles. The summed E-state index contributed by atoms with van der Waals surface area (Å²) in [6.45, 7) is 6.27. The fourth-order valence-corrected chi connectivity index (χ4v) is 3.27. The molecule has 0 radical (unpaired) electrons. The van der Waals surface area contributed by atoms with Crippen molar-refractivity contribution in [2.75, 3.05) is 12.4 Å². The number of anilines is 1. The first-order valence-corrected chi connectivity index (χ1v) is 9.13. The van der Waals surface area contributed by atoms with Gasteiger partial charge < -0.3 is 10.1 Å². The van der Waals surface area contributed by atoms with E-state index in [4.69, 9.17) is 4.74 Å². The number of rotatable bonds is 7. The van der Waals surface area contributed by atoms with Gasteiger partial charge in [0.05, 0.1) is 12.4 Å². The SMILES string of the molecule is CC[C@@H](C)c1ccccc1NC(=O)[C@@H](C)Sc1ccc(OC)cc1. The molecule has 0 unspecified atom stereocenters. The van der Waals surface area contributed by atoms with E-state index in [-0.39, 0.29) is 11.2 Å². The topological polar surface area (TPSA) is 38.3 Å². The molecule has 24 heavy (non-hydrogen) atoms. The van der Waals surface area contributed by atoms with Crippen molar-refractivity contribution in [3.05, 3.63) is 54.1 Å². The third-order valence-electron chi connectivity index (χ3n) is 4.10. The lowest BCUT2D eigenvalue weighted by Crippen LogP contribution is -2.23. The van der Waals surface area contributed by atoms with Gasteiger partial charge in [-0.25, -0.2) is 0 Å². The summed E-state index contributed by atoms with van der Waals surface area (Å²) in [5.41, 5.74) is 2.11. The molecular weight excluding hydrogens is 318 g/mol. The molecule has 0 aromatic heterocycles. The first kappa shape index (κ1) is 18.4. The molecule has 0 aliphatic carbocycles. The summed E-state index contributed by atoms with van der Waals surface area (Å²) in [6.07, 6.45) is 1.04. The maximum absolute atomic E-state index is 12.5. The molecule has 0 aliphatic rings. The quantitative estimate of drug-likeness (QED) is 0.691. The summed E-state index contributed by atoms with van der Waals surface area (Å²) < 4.78 is 5.16. The van der Waals surface area contributed by atoms with E-state index in [1.165, 1.54) is 5.56 Å². The minimum Gasteiger partial charge on any atom is -0.497 e. The number of para-hydroxylation sites is 1. The molecule has 0 saturated heterocycles. The van der Waals surface area contributed by atoms with Crippen LogP contribution >= 0.6 is 11.8 Å². The van der Waals surface area contributed by atoms with Gasteiger partial charge in [0.2, 0.25) is 5.91 Å². The van der Waals surface area contributed by atoms with Crippen LogP contribution in [0, 0.1) is 0 Å². The van der Waals surface area contributed by atoms with Gasteiger partial charge in [-0.1, -0.05) is 32.0 Å². The second-order valence-corrected chi connectivity index (χ2v) is 7.24.